The molecule has 0 saturated heterocycles. The monoisotopic (exact) mass is 365 g/mol. The summed E-state index contributed by atoms with van der Waals surface area (Å²) in [7, 11) is 0. The van der Waals surface area contributed by atoms with Crippen LogP contribution in [0.4, 0.5) is 13.2 Å². The quantitative estimate of drug-likeness (QED) is 0.758. The summed E-state index contributed by atoms with van der Waals surface area (Å²) in [5.74, 6) is -0.725. The Morgan fingerprint density at radius 1 is 1.20 bits per heavy atom. The van der Waals surface area contributed by atoms with E-state index in [-0.39, 0.29) is 17.0 Å². The van der Waals surface area contributed by atoms with Gasteiger partial charge >= 0.3 is 6.18 Å². The van der Waals surface area contributed by atoms with E-state index in [1.807, 2.05) is 0 Å². The second-order valence-corrected chi connectivity index (χ2v) is 5.80. The third-order valence-electron chi connectivity index (χ3n) is 3.56. The van der Waals surface area contributed by atoms with Crippen LogP contribution in [0.5, 0.6) is 0 Å². The highest BCUT2D eigenvalue weighted by Gasteiger charge is 2.30. The number of nitrogens with two attached hydrogens (primary N) is 1. The number of fused-ring (bicyclic) bond motifs is 1. The van der Waals surface area contributed by atoms with Crippen LogP contribution >= 0.6 is 11.6 Å². The smallest absolute Gasteiger partial charge is 0.364 e. The Kier molecular flexibility index (Phi) is 4.34. The van der Waals surface area contributed by atoms with Crippen LogP contribution in [0.1, 0.15) is 16.1 Å². The number of nitrogens with zero attached hydrogens (tertiary/aromatic N) is 2. The van der Waals surface area contributed by atoms with E-state index in [0.717, 1.165) is 0 Å². The van der Waals surface area contributed by atoms with Gasteiger partial charge in [-0.15, -0.1) is 0 Å². The molecular formula is C17H11ClF3N3O. The first-order valence-electron chi connectivity index (χ1n) is 7.16. The van der Waals surface area contributed by atoms with Crippen LogP contribution in [0.3, 0.4) is 0 Å². The maximum atomic E-state index is 13.0. The van der Waals surface area contributed by atoms with Crippen molar-refractivity contribution < 1.29 is 18.0 Å². The molecule has 0 aliphatic carbocycles. The molecule has 1 aromatic carbocycles. The molecule has 2 heterocycles. The molecule has 0 aliphatic heterocycles. The maximum absolute atomic E-state index is 13.0. The van der Waals surface area contributed by atoms with Crippen molar-refractivity contribution in [1.82, 2.24) is 9.97 Å². The Morgan fingerprint density at radius 3 is 2.56 bits per heavy atom. The van der Waals surface area contributed by atoms with Crippen LogP contribution in [0.25, 0.3) is 22.2 Å². The van der Waals surface area contributed by atoms with Crippen LogP contribution < -0.4 is 5.73 Å². The van der Waals surface area contributed by atoms with Gasteiger partial charge in [-0.2, -0.15) is 13.2 Å². The van der Waals surface area contributed by atoms with Crippen molar-refractivity contribution in [2.45, 2.75) is 12.6 Å². The third kappa shape index (κ3) is 3.71. The number of para-hydroxylation sites is 1. The summed E-state index contributed by atoms with van der Waals surface area (Å²) in [5.41, 5.74) is 5.98. The largest absolute Gasteiger partial charge is 0.393 e. The molecule has 0 bridgehead atoms. The van der Waals surface area contributed by atoms with Crippen LogP contribution in [-0.2, 0) is 6.42 Å². The average molecular weight is 366 g/mol. The van der Waals surface area contributed by atoms with E-state index in [1.165, 1.54) is 24.4 Å². The van der Waals surface area contributed by atoms with Crippen molar-refractivity contribution >= 4 is 28.4 Å². The number of halogens is 4. The Balaban J connectivity index is 2.21. The second kappa shape index (κ2) is 6.33. The molecule has 0 saturated carbocycles. The molecule has 128 valence electrons. The summed E-state index contributed by atoms with van der Waals surface area (Å²) in [6, 6.07) is 9.11. The zero-order valence-corrected chi connectivity index (χ0v) is 13.4. The topological polar surface area (TPSA) is 68.9 Å². The van der Waals surface area contributed by atoms with Crippen LogP contribution in [0, 0.1) is 0 Å². The molecule has 0 spiro atoms. The standard InChI is InChI=1S/C17H11ClF3N3O/c18-12-3-1-2-9-6-11(7-17(19,20)21)14(24-15(9)12)10-4-5-13(16(22)25)23-8-10/h1-6,8H,7H2,(H2,22,25). The molecule has 2 aromatic heterocycles. The summed E-state index contributed by atoms with van der Waals surface area (Å²) in [6.07, 6.45) is -4.27. The molecule has 3 rings (SSSR count). The minimum absolute atomic E-state index is 0.00380. The fraction of sp³-hybridized carbons (Fsp3) is 0.118. The molecule has 25 heavy (non-hydrogen) atoms. The molecule has 4 nitrogen and oxygen atoms in total. The molecule has 0 radical (unpaired) electrons. The molecule has 0 aliphatic rings. The number of rotatable bonds is 3. The number of benzene rings is 1. The first-order chi connectivity index (χ1) is 11.7. The molecule has 1 amide bonds. The van der Waals surface area contributed by atoms with Crippen molar-refractivity contribution in [2.24, 2.45) is 5.73 Å². The van der Waals surface area contributed by atoms with Gasteiger partial charge in [-0.25, -0.2) is 4.98 Å². The lowest BCUT2D eigenvalue weighted by atomic mass is 10.0. The number of carbonyl (C=O) groups is 1. The predicted octanol–water partition coefficient (Wildman–Crippen LogP) is 4.15. The lowest BCUT2D eigenvalue weighted by molar-refractivity contribution is -0.127. The number of hydrogen-bond donors (Lipinski definition) is 1. The van der Waals surface area contributed by atoms with Crippen LogP contribution in [-0.4, -0.2) is 22.1 Å². The van der Waals surface area contributed by atoms with Crippen molar-refractivity contribution in [1.29, 1.82) is 0 Å². The van der Waals surface area contributed by atoms with Gasteiger partial charge in [0.1, 0.15) is 5.69 Å². The molecule has 0 fully saturated rings. The van der Waals surface area contributed by atoms with E-state index in [9.17, 15) is 18.0 Å². The number of primary amides is 1. The van der Waals surface area contributed by atoms with Crippen molar-refractivity contribution in [3.63, 3.8) is 0 Å². The second-order valence-electron chi connectivity index (χ2n) is 5.40. The van der Waals surface area contributed by atoms with E-state index in [4.69, 9.17) is 17.3 Å². The van der Waals surface area contributed by atoms with Crippen LogP contribution in [0.2, 0.25) is 5.02 Å². The van der Waals surface area contributed by atoms with Gasteiger partial charge in [0.25, 0.3) is 5.91 Å². The molecular weight excluding hydrogens is 355 g/mol. The Morgan fingerprint density at radius 2 is 1.96 bits per heavy atom. The fourth-order valence-corrected chi connectivity index (χ4v) is 2.71. The minimum atomic E-state index is -4.40. The van der Waals surface area contributed by atoms with Crippen molar-refractivity contribution in [3.8, 4) is 11.3 Å². The van der Waals surface area contributed by atoms with E-state index < -0.39 is 18.5 Å². The van der Waals surface area contributed by atoms with E-state index in [0.29, 0.717) is 21.5 Å². The lowest BCUT2D eigenvalue weighted by Gasteiger charge is -2.13. The lowest BCUT2D eigenvalue weighted by Crippen LogP contribution is -2.14. The zero-order valence-electron chi connectivity index (χ0n) is 12.6. The van der Waals surface area contributed by atoms with Gasteiger partial charge in [-0.3, -0.25) is 9.78 Å². The van der Waals surface area contributed by atoms with Gasteiger partial charge in [0.2, 0.25) is 0 Å². The number of pyridine rings is 2. The van der Waals surface area contributed by atoms with E-state index in [1.54, 1.807) is 18.2 Å². The minimum Gasteiger partial charge on any atom is -0.364 e. The first-order valence-corrected chi connectivity index (χ1v) is 7.53. The number of hydrogen-bond acceptors (Lipinski definition) is 3. The molecule has 2 N–H and O–H groups in total. The van der Waals surface area contributed by atoms with Crippen molar-refractivity contribution in [3.05, 3.63) is 58.9 Å². The van der Waals surface area contributed by atoms with Gasteiger partial charge < -0.3 is 5.73 Å². The van der Waals surface area contributed by atoms with Crippen LogP contribution in [0.15, 0.2) is 42.6 Å². The average Bonchev–Trinajstić information content (AvgIpc) is 2.53. The summed E-state index contributed by atoms with van der Waals surface area (Å²) < 4.78 is 38.9. The van der Waals surface area contributed by atoms with Gasteiger partial charge in [0, 0.05) is 17.1 Å². The molecule has 8 heteroatoms. The van der Waals surface area contributed by atoms with Gasteiger partial charge in [0.05, 0.1) is 22.7 Å². The summed E-state index contributed by atoms with van der Waals surface area (Å²) in [5, 5.41) is 0.844. The van der Waals surface area contributed by atoms with E-state index in [2.05, 4.69) is 9.97 Å². The van der Waals surface area contributed by atoms with E-state index >= 15 is 0 Å². The molecule has 0 unspecified atom stereocenters. The SMILES string of the molecule is NC(=O)c1ccc(-c2nc3c(Cl)cccc3cc2CC(F)(F)F)cn1. The highest BCUT2D eigenvalue weighted by Crippen LogP contribution is 2.32. The predicted molar refractivity (Wildman–Crippen MR) is 88.3 cm³/mol. The van der Waals surface area contributed by atoms with Gasteiger partial charge in [0.15, 0.2) is 0 Å². The molecule has 0 atom stereocenters. The molecule has 3 aromatic rings. The van der Waals surface area contributed by atoms with Crippen molar-refractivity contribution in [2.75, 3.05) is 0 Å². The number of aromatic nitrogens is 2. The zero-order chi connectivity index (χ0) is 18.2. The Hall–Kier alpha value is -2.67. The normalized spacial score (nSPS) is 11.7. The summed E-state index contributed by atoms with van der Waals surface area (Å²) in [6.45, 7) is 0. The van der Waals surface area contributed by atoms with Gasteiger partial charge in [-0.1, -0.05) is 23.7 Å². The highest BCUT2D eigenvalue weighted by molar-refractivity contribution is 6.35. The van der Waals surface area contributed by atoms with Gasteiger partial charge in [-0.05, 0) is 29.8 Å². The first kappa shape index (κ1) is 17.2. The fourth-order valence-electron chi connectivity index (χ4n) is 2.49. The highest BCUT2D eigenvalue weighted by atomic mass is 35.5. The number of alkyl halides is 3. The maximum Gasteiger partial charge on any atom is 0.393 e. The Labute approximate surface area is 145 Å². The summed E-state index contributed by atoms with van der Waals surface area (Å²) in [4.78, 5) is 19.3. The number of amides is 1. The Bertz CT molecular complexity index is 956. The summed E-state index contributed by atoms with van der Waals surface area (Å²) >= 11 is 6.11. The third-order valence-corrected chi connectivity index (χ3v) is 3.86. The number of carbonyl (C=O) groups excluding carboxylic acids is 1.